The van der Waals surface area contributed by atoms with Crippen molar-refractivity contribution in [3.63, 3.8) is 0 Å². The fourth-order valence-corrected chi connectivity index (χ4v) is 1.94. The van der Waals surface area contributed by atoms with Crippen LogP contribution in [0, 0.1) is 0 Å². The Morgan fingerprint density at radius 3 is 2.95 bits per heavy atom. The van der Waals surface area contributed by atoms with Crippen LogP contribution < -0.4 is 4.74 Å². The van der Waals surface area contributed by atoms with Gasteiger partial charge in [0.15, 0.2) is 18.5 Å². The van der Waals surface area contributed by atoms with Crippen LogP contribution in [-0.4, -0.2) is 31.6 Å². The van der Waals surface area contributed by atoms with Crippen LogP contribution in [0.2, 0.25) is 0 Å². The molecule has 0 aliphatic carbocycles. The van der Waals surface area contributed by atoms with Gasteiger partial charge in [0.05, 0.1) is 13.2 Å². The second-order valence-electron chi connectivity index (χ2n) is 4.01. The molecule has 5 nitrogen and oxygen atoms in total. The smallest absolute Gasteiger partial charge is 0.335 e. The summed E-state index contributed by atoms with van der Waals surface area (Å²) in [7, 11) is 0. The number of hydrogen-bond acceptors (Lipinski definition) is 5. The second-order valence-corrected chi connectivity index (χ2v) is 4.01. The first-order valence-electron chi connectivity index (χ1n) is 6.32. The highest BCUT2D eigenvalue weighted by atomic mass is 16.5. The van der Waals surface area contributed by atoms with E-state index in [1.807, 2.05) is 31.2 Å². The largest absolute Gasteiger partial charge is 0.494 e. The van der Waals surface area contributed by atoms with Gasteiger partial charge in [-0.3, -0.25) is 0 Å². The third-order valence-electron chi connectivity index (χ3n) is 2.74. The molecule has 2 atom stereocenters. The molecule has 0 radical (unpaired) electrons. The maximum atomic E-state index is 11.8. The van der Waals surface area contributed by atoms with E-state index >= 15 is 0 Å². The predicted octanol–water partition coefficient (Wildman–Crippen LogP) is 2.12. The summed E-state index contributed by atoms with van der Waals surface area (Å²) in [4.78, 5) is 15.8. The minimum absolute atomic E-state index is 0.330. The van der Waals surface area contributed by atoms with E-state index in [0.29, 0.717) is 13.2 Å². The van der Waals surface area contributed by atoms with Gasteiger partial charge in [-0.05, 0) is 31.5 Å². The molecular weight excluding hydrogens is 246 g/mol. The Bertz CT molecular complexity index is 472. The van der Waals surface area contributed by atoms with E-state index in [-0.39, 0.29) is 5.97 Å². The molecule has 102 valence electrons. The van der Waals surface area contributed by atoms with E-state index in [1.165, 1.54) is 6.40 Å². The Labute approximate surface area is 112 Å². The van der Waals surface area contributed by atoms with Crippen LogP contribution in [-0.2, 0) is 14.3 Å². The first kappa shape index (κ1) is 13.4. The summed E-state index contributed by atoms with van der Waals surface area (Å²) in [5.41, 5.74) is 0.849. The standard InChI is InChI=1S/C14H17NO4/c1-3-17-11-7-5-6-10(8-11)13-12(15-9-19-13)14(16)18-4-2/h5-9,12-13H,3-4H2,1-2H3. The summed E-state index contributed by atoms with van der Waals surface area (Å²) in [6, 6.07) is 6.83. The molecule has 1 aromatic carbocycles. The molecule has 1 heterocycles. The Hall–Kier alpha value is -2.04. The normalized spacial score (nSPS) is 20.9. The van der Waals surface area contributed by atoms with Crippen molar-refractivity contribution in [2.45, 2.75) is 26.0 Å². The van der Waals surface area contributed by atoms with Crippen LogP contribution in [0.5, 0.6) is 5.75 Å². The van der Waals surface area contributed by atoms with Gasteiger partial charge in [0, 0.05) is 0 Å². The molecule has 19 heavy (non-hydrogen) atoms. The van der Waals surface area contributed by atoms with Crippen LogP contribution >= 0.6 is 0 Å². The first-order chi connectivity index (χ1) is 9.26. The maximum absolute atomic E-state index is 11.8. The average molecular weight is 263 g/mol. The van der Waals surface area contributed by atoms with Gasteiger partial charge in [-0.1, -0.05) is 12.1 Å². The number of hydrogen-bond donors (Lipinski definition) is 0. The number of carbonyl (C=O) groups excluding carboxylic acids is 1. The third-order valence-corrected chi connectivity index (χ3v) is 2.74. The van der Waals surface area contributed by atoms with Crippen LogP contribution in [0.1, 0.15) is 25.5 Å². The lowest BCUT2D eigenvalue weighted by Gasteiger charge is -2.17. The molecule has 1 aromatic rings. The number of rotatable bonds is 5. The molecule has 0 aromatic heterocycles. The van der Waals surface area contributed by atoms with Gasteiger partial charge >= 0.3 is 5.97 Å². The van der Waals surface area contributed by atoms with Crippen molar-refractivity contribution < 1.29 is 19.0 Å². The van der Waals surface area contributed by atoms with Gasteiger partial charge in [-0.15, -0.1) is 0 Å². The Morgan fingerprint density at radius 2 is 2.21 bits per heavy atom. The lowest BCUT2D eigenvalue weighted by molar-refractivity contribution is -0.146. The van der Waals surface area contributed by atoms with Crippen LogP contribution in [0.25, 0.3) is 0 Å². The molecule has 0 saturated carbocycles. The zero-order valence-electron chi connectivity index (χ0n) is 11.0. The number of benzene rings is 1. The van der Waals surface area contributed by atoms with Crippen molar-refractivity contribution in [1.29, 1.82) is 0 Å². The molecule has 0 N–H and O–H groups in total. The summed E-state index contributed by atoms with van der Waals surface area (Å²) in [6.45, 7) is 4.61. The van der Waals surface area contributed by atoms with Gasteiger partial charge in [-0.2, -0.15) is 0 Å². The molecule has 0 bridgehead atoms. The van der Waals surface area contributed by atoms with E-state index in [0.717, 1.165) is 11.3 Å². The van der Waals surface area contributed by atoms with Gasteiger partial charge in [0.2, 0.25) is 0 Å². The van der Waals surface area contributed by atoms with E-state index in [2.05, 4.69) is 4.99 Å². The Morgan fingerprint density at radius 1 is 1.37 bits per heavy atom. The number of carbonyl (C=O) groups is 1. The topological polar surface area (TPSA) is 57.1 Å². The fourth-order valence-electron chi connectivity index (χ4n) is 1.94. The Balaban J connectivity index is 2.16. The monoisotopic (exact) mass is 263 g/mol. The van der Waals surface area contributed by atoms with E-state index in [4.69, 9.17) is 14.2 Å². The molecule has 5 heteroatoms. The van der Waals surface area contributed by atoms with Crippen molar-refractivity contribution >= 4 is 12.4 Å². The predicted molar refractivity (Wildman–Crippen MR) is 70.4 cm³/mol. The van der Waals surface area contributed by atoms with E-state index < -0.39 is 12.1 Å². The second kappa shape index (κ2) is 6.22. The first-order valence-corrected chi connectivity index (χ1v) is 6.32. The molecule has 0 spiro atoms. The fraction of sp³-hybridized carbons (Fsp3) is 0.429. The Kier molecular flexibility index (Phi) is 4.39. The minimum Gasteiger partial charge on any atom is -0.494 e. The lowest BCUT2D eigenvalue weighted by Crippen LogP contribution is -2.26. The molecule has 1 aliphatic heterocycles. The maximum Gasteiger partial charge on any atom is 0.335 e. The quantitative estimate of drug-likeness (QED) is 0.763. The number of aliphatic imine (C=N–C) groups is 1. The zero-order chi connectivity index (χ0) is 13.7. The molecule has 0 fully saturated rings. The van der Waals surface area contributed by atoms with Gasteiger partial charge < -0.3 is 14.2 Å². The highest BCUT2D eigenvalue weighted by molar-refractivity contribution is 5.80. The number of esters is 1. The molecule has 1 aliphatic rings. The van der Waals surface area contributed by atoms with Gasteiger partial charge in [-0.25, -0.2) is 9.79 Å². The lowest BCUT2D eigenvalue weighted by atomic mass is 10.0. The molecule has 0 saturated heterocycles. The van der Waals surface area contributed by atoms with Crippen molar-refractivity contribution in [3.8, 4) is 5.75 Å². The van der Waals surface area contributed by atoms with Crippen molar-refractivity contribution in [1.82, 2.24) is 0 Å². The molecule has 2 unspecified atom stereocenters. The molecular formula is C14H17NO4. The number of nitrogens with zero attached hydrogens (tertiary/aromatic N) is 1. The summed E-state index contributed by atoms with van der Waals surface area (Å²) < 4.78 is 15.8. The molecule has 2 rings (SSSR count). The number of ether oxygens (including phenoxy) is 3. The van der Waals surface area contributed by atoms with E-state index in [9.17, 15) is 4.79 Å². The van der Waals surface area contributed by atoms with Crippen molar-refractivity contribution in [2.24, 2.45) is 4.99 Å². The summed E-state index contributed by atoms with van der Waals surface area (Å²) in [5.74, 6) is 0.376. The zero-order valence-corrected chi connectivity index (χ0v) is 11.0. The third kappa shape index (κ3) is 3.05. The summed E-state index contributed by atoms with van der Waals surface area (Å²) in [6.07, 6.45) is 0.860. The minimum atomic E-state index is -0.642. The highest BCUT2D eigenvalue weighted by Crippen LogP contribution is 2.29. The SMILES string of the molecule is CCOC(=O)C1N=COC1c1cccc(OCC)c1. The van der Waals surface area contributed by atoms with Crippen molar-refractivity contribution in [2.75, 3.05) is 13.2 Å². The van der Waals surface area contributed by atoms with Crippen molar-refractivity contribution in [3.05, 3.63) is 29.8 Å². The highest BCUT2D eigenvalue weighted by Gasteiger charge is 2.35. The summed E-state index contributed by atoms with van der Waals surface area (Å²) in [5, 5.41) is 0. The summed E-state index contributed by atoms with van der Waals surface area (Å²) >= 11 is 0. The van der Waals surface area contributed by atoms with Crippen LogP contribution in [0.15, 0.2) is 29.3 Å². The van der Waals surface area contributed by atoms with E-state index in [1.54, 1.807) is 6.92 Å². The van der Waals surface area contributed by atoms with Crippen LogP contribution in [0.4, 0.5) is 0 Å². The van der Waals surface area contributed by atoms with Crippen LogP contribution in [0.3, 0.4) is 0 Å². The van der Waals surface area contributed by atoms with Gasteiger partial charge in [0.25, 0.3) is 0 Å². The molecule has 0 amide bonds. The van der Waals surface area contributed by atoms with Gasteiger partial charge in [0.1, 0.15) is 5.75 Å². The average Bonchev–Trinajstić information content (AvgIpc) is 2.89.